The number of benzene rings is 3. The molecule has 0 radical (unpaired) electrons. The van der Waals surface area contributed by atoms with Gasteiger partial charge >= 0.3 is 0 Å². The molecule has 0 fully saturated rings. The van der Waals surface area contributed by atoms with Gasteiger partial charge in [-0.15, -0.1) is 22.0 Å². The van der Waals surface area contributed by atoms with Gasteiger partial charge in [-0.25, -0.2) is 0 Å². The van der Waals surface area contributed by atoms with E-state index in [2.05, 4.69) is 27.6 Å². The van der Waals surface area contributed by atoms with E-state index in [9.17, 15) is 4.79 Å². The van der Waals surface area contributed by atoms with Crippen LogP contribution in [0.15, 0.2) is 83.3 Å². The first kappa shape index (κ1) is 19.9. The van der Waals surface area contributed by atoms with Crippen molar-refractivity contribution in [1.29, 1.82) is 0 Å². The third-order valence-corrected chi connectivity index (χ3v) is 5.47. The van der Waals surface area contributed by atoms with E-state index in [1.807, 2.05) is 73.7 Å². The van der Waals surface area contributed by atoms with Crippen molar-refractivity contribution in [3.8, 4) is 22.9 Å². The van der Waals surface area contributed by atoms with Gasteiger partial charge in [0.05, 0.1) is 5.75 Å². The Balaban J connectivity index is 1.38. The first-order valence-electron chi connectivity index (χ1n) is 9.60. The zero-order chi connectivity index (χ0) is 20.8. The zero-order valence-electron chi connectivity index (χ0n) is 16.5. The van der Waals surface area contributed by atoms with Crippen LogP contribution in [0, 0.1) is 6.92 Å². The Morgan fingerprint density at radius 1 is 0.900 bits per heavy atom. The maximum Gasteiger partial charge on any atom is 0.248 e. The molecular weight excluding hydrogens is 394 g/mol. The van der Waals surface area contributed by atoms with Crippen LogP contribution in [0.1, 0.15) is 11.1 Å². The molecule has 5 nitrogen and oxygen atoms in total. The summed E-state index contributed by atoms with van der Waals surface area (Å²) in [5.41, 5.74) is 4.71. The monoisotopic (exact) mass is 415 g/mol. The van der Waals surface area contributed by atoms with E-state index >= 15 is 0 Å². The average Bonchev–Trinajstić information content (AvgIpc) is 3.26. The minimum absolute atomic E-state index is 0.0426. The van der Waals surface area contributed by atoms with Gasteiger partial charge in [-0.1, -0.05) is 54.1 Å². The number of carbonyl (C=O) groups excluding carboxylic acids is 1. The lowest BCUT2D eigenvalue weighted by atomic mass is 10.1. The molecule has 4 rings (SSSR count). The van der Waals surface area contributed by atoms with Crippen LogP contribution >= 0.6 is 11.8 Å². The highest BCUT2D eigenvalue weighted by molar-refractivity contribution is 7.99. The van der Waals surface area contributed by atoms with E-state index < -0.39 is 0 Å². The van der Waals surface area contributed by atoms with Gasteiger partial charge in [-0.05, 0) is 42.8 Å². The molecule has 1 amide bonds. The minimum atomic E-state index is -0.0426. The van der Waals surface area contributed by atoms with Gasteiger partial charge in [-0.3, -0.25) is 4.79 Å². The van der Waals surface area contributed by atoms with E-state index in [0.717, 1.165) is 16.9 Å². The zero-order valence-corrected chi connectivity index (χ0v) is 17.4. The third kappa shape index (κ3) is 5.15. The Kier molecular flexibility index (Phi) is 6.25. The lowest BCUT2D eigenvalue weighted by Gasteiger charge is -2.06. The third-order valence-electron chi connectivity index (χ3n) is 4.46. The molecule has 0 unspecified atom stereocenters. The summed E-state index contributed by atoms with van der Waals surface area (Å²) in [5, 5.41) is 11.2. The van der Waals surface area contributed by atoms with Crippen molar-refractivity contribution < 1.29 is 9.21 Å². The summed E-state index contributed by atoms with van der Waals surface area (Å²) in [4.78, 5) is 12.3. The number of carbonyl (C=O) groups is 1. The molecule has 0 saturated heterocycles. The topological polar surface area (TPSA) is 68.0 Å². The number of nitrogens with zero attached hydrogens (tertiary/aromatic N) is 2. The summed E-state index contributed by atoms with van der Waals surface area (Å²) in [6.07, 6.45) is 0. The van der Waals surface area contributed by atoms with Crippen LogP contribution in [-0.4, -0.2) is 21.9 Å². The van der Waals surface area contributed by atoms with Crippen LogP contribution in [0.4, 0.5) is 5.69 Å². The lowest BCUT2D eigenvalue weighted by Crippen LogP contribution is -2.14. The number of anilines is 1. The Morgan fingerprint density at radius 3 is 2.40 bits per heavy atom. The predicted molar refractivity (Wildman–Crippen MR) is 121 cm³/mol. The van der Waals surface area contributed by atoms with Crippen molar-refractivity contribution in [2.24, 2.45) is 0 Å². The van der Waals surface area contributed by atoms with Gasteiger partial charge in [0.1, 0.15) is 0 Å². The van der Waals surface area contributed by atoms with Crippen LogP contribution in [0.5, 0.6) is 0 Å². The second-order valence-electron chi connectivity index (χ2n) is 6.89. The molecule has 3 aromatic carbocycles. The first-order valence-corrected chi connectivity index (χ1v) is 10.8. The smallest absolute Gasteiger partial charge is 0.248 e. The van der Waals surface area contributed by atoms with Crippen LogP contribution in [0.2, 0.25) is 0 Å². The number of aromatic nitrogens is 2. The first-order chi connectivity index (χ1) is 14.7. The molecule has 0 aliphatic heterocycles. The van der Waals surface area contributed by atoms with E-state index in [-0.39, 0.29) is 5.91 Å². The number of rotatable bonds is 7. The van der Waals surface area contributed by atoms with Crippen molar-refractivity contribution in [3.63, 3.8) is 0 Å². The highest BCUT2D eigenvalue weighted by Crippen LogP contribution is 2.26. The number of nitrogens with one attached hydrogen (secondary N) is 1. The molecule has 0 aliphatic rings. The van der Waals surface area contributed by atoms with Crippen molar-refractivity contribution in [2.45, 2.75) is 12.7 Å². The molecule has 1 heterocycles. The van der Waals surface area contributed by atoms with Gasteiger partial charge in [0.2, 0.25) is 17.7 Å². The number of hydrogen-bond acceptors (Lipinski definition) is 5. The fourth-order valence-corrected chi connectivity index (χ4v) is 3.70. The molecule has 0 saturated carbocycles. The van der Waals surface area contributed by atoms with Crippen molar-refractivity contribution in [2.75, 3.05) is 11.1 Å². The van der Waals surface area contributed by atoms with Crippen LogP contribution in [-0.2, 0) is 10.5 Å². The van der Waals surface area contributed by atoms with Crippen LogP contribution < -0.4 is 5.32 Å². The molecule has 30 heavy (non-hydrogen) atoms. The molecule has 6 heteroatoms. The highest BCUT2D eigenvalue weighted by Gasteiger charge is 2.11. The summed E-state index contributed by atoms with van der Waals surface area (Å²) in [6.45, 7) is 2.03. The maximum absolute atomic E-state index is 12.3. The lowest BCUT2D eigenvalue weighted by molar-refractivity contribution is -0.113. The highest BCUT2D eigenvalue weighted by atomic mass is 32.2. The predicted octanol–water partition coefficient (Wildman–Crippen LogP) is 5.58. The van der Waals surface area contributed by atoms with Gasteiger partial charge in [-0.2, -0.15) is 0 Å². The number of aryl methyl sites for hydroxylation is 1. The molecule has 1 N–H and O–H groups in total. The van der Waals surface area contributed by atoms with E-state index in [0.29, 0.717) is 23.2 Å². The van der Waals surface area contributed by atoms with Crippen molar-refractivity contribution in [1.82, 2.24) is 10.2 Å². The summed E-state index contributed by atoms with van der Waals surface area (Å²) in [5.74, 6) is 2.03. The average molecular weight is 416 g/mol. The summed E-state index contributed by atoms with van der Waals surface area (Å²) in [6, 6.07) is 25.5. The Hall–Kier alpha value is -3.38. The van der Waals surface area contributed by atoms with E-state index in [1.54, 1.807) is 11.8 Å². The van der Waals surface area contributed by atoms with Crippen molar-refractivity contribution >= 4 is 23.4 Å². The second-order valence-corrected chi connectivity index (χ2v) is 7.87. The molecule has 150 valence electrons. The SMILES string of the molecule is Cc1ccc(-c2nnc(-c3cccc(NC(=O)CSCc4ccccc4)c3)o2)cc1. The summed E-state index contributed by atoms with van der Waals surface area (Å²) in [7, 11) is 0. The minimum Gasteiger partial charge on any atom is -0.416 e. The standard InChI is InChI=1S/C24H21N3O2S/c1-17-10-12-19(13-11-17)23-26-27-24(29-23)20-8-5-9-21(14-20)25-22(28)16-30-15-18-6-3-2-4-7-18/h2-14H,15-16H2,1H3,(H,25,28). The van der Waals surface area contributed by atoms with Crippen LogP contribution in [0.25, 0.3) is 22.9 Å². The van der Waals surface area contributed by atoms with E-state index in [4.69, 9.17) is 4.42 Å². The van der Waals surface area contributed by atoms with Crippen molar-refractivity contribution in [3.05, 3.63) is 90.0 Å². The van der Waals surface area contributed by atoms with Gasteiger partial charge in [0.15, 0.2) is 0 Å². The quantitative estimate of drug-likeness (QED) is 0.426. The molecular formula is C24H21N3O2S. The Bertz CT molecular complexity index is 1120. The molecule has 0 spiro atoms. The van der Waals surface area contributed by atoms with Gasteiger partial charge in [0.25, 0.3) is 0 Å². The maximum atomic E-state index is 12.3. The van der Waals surface area contributed by atoms with E-state index in [1.165, 1.54) is 11.1 Å². The molecule has 1 aromatic heterocycles. The number of thioether (sulfide) groups is 1. The fraction of sp³-hybridized carbons (Fsp3) is 0.125. The Morgan fingerprint density at radius 2 is 1.63 bits per heavy atom. The summed E-state index contributed by atoms with van der Waals surface area (Å²) < 4.78 is 5.83. The summed E-state index contributed by atoms with van der Waals surface area (Å²) >= 11 is 1.58. The molecule has 0 atom stereocenters. The number of hydrogen-bond donors (Lipinski definition) is 1. The number of amides is 1. The van der Waals surface area contributed by atoms with Crippen LogP contribution in [0.3, 0.4) is 0 Å². The van der Waals surface area contributed by atoms with Gasteiger partial charge in [0, 0.05) is 22.6 Å². The van der Waals surface area contributed by atoms with Gasteiger partial charge < -0.3 is 9.73 Å². The second kappa shape index (κ2) is 9.41. The fourth-order valence-electron chi connectivity index (χ4n) is 2.92. The largest absolute Gasteiger partial charge is 0.416 e. The molecule has 4 aromatic rings. The Labute approximate surface area is 179 Å². The molecule has 0 bridgehead atoms. The molecule has 0 aliphatic carbocycles. The normalized spacial score (nSPS) is 10.7.